The molecule has 1 aliphatic rings. The molecular weight excluding hydrogens is 228 g/mol. The van der Waals surface area contributed by atoms with E-state index in [2.05, 4.69) is 28.7 Å². The minimum absolute atomic E-state index is 0.0658. The van der Waals surface area contributed by atoms with Crippen LogP contribution >= 0.6 is 0 Å². The van der Waals surface area contributed by atoms with Crippen LogP contribution in [0.2, 0.25) is 0 Å². The van der Waals surface area contributed by atoms with Gasteiger partial charge in [0.15, 0.2) is 0 Å². The summed E-state index contributed by atoms with van der Waals surface area (Å²) < 4.78 is 2.03. The Morgan fingerprint density at radius 2 is 2.44 bits per heavy atom. The lowest BCUT2D eigenvalue weighted by Gasteiger charge is -2.29. The van der Waals surface area contributed by atoms with Gasteiger partial charge in [-0.3, -0.25) is 9.48 Å². The fourth-order valence-electron chi connectivity index (χ4n) is 2.64. The van der Waals surface area contributed by atoms with Crippen molar-refractivity contribution >= 4 is 5.91 Å². The molecule has 1 amide bonds. The van der Waals surface area contributed by atoms with Crippen LogP contribution < -0.4 is 10.6 Å². The first-order valence-corrected chi connectivity index (χ1v) is 6.79. The number of aromatic nitrogens is 2. The van der Waals surface area contributed by atoms with Crippen LogP contribution in [-0.2, 0) is 11.3 Å². The van der Waals surface area contributed by atoms with Gasteiger partial charge in [0.05, 0.1) is 6.04 Å². The van der Waals surface area contributed by atoms with Crippen molar-refractivity contribution in [3.05, 3.63) is 18.0 Å². The Kier molecular flexibility index (Phi) is 4.36. The normalized spacial score (nSPS) is 23.9. The highest BCUT2D eigenvalue weighted by atomic mass is 16.2. The van der Waals surface area contributed by atoms with E-state index in [9.17, 15) is 4.79 Å². The molecule has 1 aliphatic heterocycles. The van der Waals surface area contributed by atoms with Crippen LogP contribution in [0.3, 0.4) is 0 Å². The average molecular weight is 250 g/mol. The molecular formula is C13H22N4O. The number of likely N-dealkylation sites (N-methyl/N-ethyl adjacent to an activating group) is 1. The van der Waals surface area contributed by atoms with Crippen molar-refractivity contribution < 1.29 is 4.79 Å². The summed E-state index contributed by atoms with van der Waals surface area (Å²) in [6.07, 6.45) is 3.78. The first kappa shape index (κ1) is 13.1. The van der Waals surface area contributed by atoms with Gasteiger partial charge in [-0.15, -0.1) is 0 Å². The molecule has 0 radical (unpaired) electrons. The molecule has 2 unspecified atom stereocenters. The molecule has 100 valence electrons. The second-order valence-electron chi connectivity index (χ2n) is 4.69. The fraction of sp³-hybridized carbons (Fsp3) is 0.692. The van der Waals surface area contributed by atoms with E-state index in [4.69, 9.17) is 0 Å². The Hall–Kier alpha value is -1.36. The number of piperidine rings is 1. The van der Waals surface area contributed by atoms with Crippen molar-refractivity contribution in [2.24, 2.45) is 0 Å². The first-order chi connectivity index (χ1) is 8.76. The lowest BCUT2D eigenvalue weighted by atomic mass is 9.89. The van der Waals surface area contributed by atoms with E-state index in [-0.39, 0.29) is 11.9 Å². The number of hydrogen-bond acceptors (Lipinski definition) is 3. The van der Waals surface area contributed by atoms with Crippen LogP contribution in [0.25, 0.3) is 0 Å². The van der Waals surface area contributed by atoms with Gasteiger partial charge in [0.25, 0.3) is 0 Å². The van der Waals surface area contributed by atoms with Crippen molar-refractivity contribution in [2.75, 3.05) is 13.1 Å². The number of amides is 1. The zero-order chi connectivity index (χ0) is 13.0. The largest absolute Gasteiger partial charge is 0.355 e. The smallest absolute Gasteiger partial charge is 0.237 e. The van der Waals surface area contributed by atoms with Crippen LogP contribution in [0.4, 0.5) is 0 Å². The Balaban J connectivity index is 2.04. The third-order valence-corrected chi connectivity index (χ3v) is 3.54. The summed E-state index contributed by atoms with van der Waals surface area (Å²) in [7, 11) is 0. The second kappa shape index (κ2) is 6.00. The highest BCUT2D eigenvalue weighted by Gasteiger charge is 2.28. The van der Waals surface area contributed by atoms with E-state index in [1.807, 2.05) is 17.8 Å². The summed E-state index contributed by atoms with van der Waals surface area (Å²) in [6, 6.07) is 2.01. The van der Waals surface area contributed by atoms with Gasteiger partial charge in [0.1, 0.15) is 0 Å². The van der Waals surface area contributed by atoms with Crippen molar-refractivity contribution in [1.29, 1.82) is 0 Å². The Bertz CT molecular complexity index is 401. The molecule has 1 aromatic rings. The minimum Gasteiger partial charge on any atom is -0.355 e. The number of nitrogens with one attached hydrogen (secondary N) is 2. The molecule has 1 saturated heterocycles. The van der Waals surface area contributed by atoms with Gasteiger partial charge in [0, 0.05) is 30.9 Å². The molecule has 2 atom stereocenters. The summed E-state index contributed by atoms with van der Waals surface area (Å²) in [5.74, 6) is 0.547. The third-order valence-electron chi connectivity index (χ3n) is 3.54. The average Bonchev–Trinajstić information content (AvgIpc) is 2.87. The first-order valence-electron chi connectivity index (χ1n) is 6.79. The molecule has 2 rings (SSSR count). The van der Waals surface area contributed by atoms with E-state index in [1.54, 1.807) is 0 Å². The molecule has 1 fully saturated rings. The fourth-order valence-corrected chi connectivity index (χ4v) is 2.64. The predicted molar refractivity (Wildman–Crippen MR) is 70.4 cm³/mol. The SMILES string of the molecule is CCNC(=O)C1CC(c2ccnn2CC)CCN1. The van der Waals surface area contributed by atoms with Gasteiger partial charge in [-0.1, -0.05) is 0 Å². The topological polar surface area (TPSA) is 59.0 Å². The summed E-state index contributed by atoms with van der Waals surface area (Å²) in [4.78, 5) is 11.9. The van der Waals surface area contributed by atoms with Gasteiger partial charge >= 0.3 is 0 Å². The Labute approximate surface area is 108 Å². The quantitative estimate of drug-likeness (QED) is 0.834. The number of hydrogen-bond donors (Lipinski definition) is 2. The molecule has 0 aromatic carbocycles. The van der Waals surface area contributed by atoms with E-state index in [0.29, 0.717) is 12.5 Å². The predicted octanol–water partition coefficient (Wildman–Crippen LogP) is 0.875. The molecule has 5 heteroatoms. The maximum absolute atomic E-state index is 11.9. The number of carbonyl (C=O) groups is 1. The number of carbonyl (C=O) groups excluding carboxylic acids is 1. The van der Waals surface area contributed by atoms with Crippen molar-refractivity contribution in [2.45, 2.75) is 45.2 Å². The molecule has 18 heavy (non-hydrogen) atoms. The summed E-state index contributed by atoms with van der Waals surface area (Å²) in [6.45, 7) is 6.51. The molecule has 2 heterocycles. The van der Waals surface area contributed by atoms with E-state index in [1.165, 1.54) is 5.69 Å². The van der Waals surface area contributed by atoms with Crippen LogP contribution in [0.15, 0.2) is 12.3 Å². The van der Waals surface area contributed by atoms with Gasteiger partial charge in [-0.25, -0.2) is 0 Å². The van der Waals surface area contributed by atoms with E-state index < -0.39 is 0 Å². The number of nitrogens with zero attached hydrogens (tertiary/aromatic N) is 2. The van der Waals surface area contributed by atoms with Gasteiger partial charge in [-0.2, -0.15) is 5.10 Å². The minimum atomic E-state index is -0.0658. The maximum Gasteiger partial charge on any atom is 0.237 e. The standard InChI is InChI=1S/C13H22N4O/c1-3-14-13(18)11-9-10(5-7-15-11)12-6-8-16-17(12)4-2/h6,8,10-11,15H,3-5,7,9H2,1-2H3,(H,14,18). The highest BCUT2D eigenvalue weighted by Crippen LogP contribution is 2.27. The van der Waals surface area contributed by atoms with Crippen LogP contribution in [0.1, 0.15) is 38.3 Å². The van der Waals surface area contributed by atoms with Gasteiger partial charge < -0.3 is 10.6 Å². The van der Waals surface area contributed by atoms with E-state index in [0.717, 1.165) is 25.9 Å². The molecule has 0 bridgehead atoms. The third kappa shape index (κ3) is 2.72. The summed E-state index contributed by atoms with van der Waals surface area (Å²) in [5, 5.41) is 10.5. The molecule has 0 aliphatic carbocycles. The van der Waals surface area contributed by atoms with Gasteiger partial charge in [0.2, 0.25) is 5.91 Å². The lowest BCUT2D eigenvalue weighted by molar-refractivity contribution is -0.123. The lowest BCUT2D eigenvalue weighted by Crippen LogP contribution is -2.48. The van der Waals surface area contributed by atoms with Crippen LogP contribution in [-0.4, -0.2) is 34.8 Å². The Morgan fingerprint density at radius 3 is 3.17 bits per heavy atom. The summed E-state index contributed by atoms with van der Waals surface area (Å²) in [5.41, 5.74) is 1.26. The van der Waals surface area contributed by atoms with Crippen molar-refractivity contribution in [3.63, 3.8) is 0 Å². The van der Waals surface area contributed by atoms with Gasteiger partial charge in [-0.05, 0) is 39.3 Å². The molecule has 0 saturated carbocycles. The highest BCUT2D eigenvalue weighted by molar-refractivity contribution is 5.81. The monoisotopic (exact) mass is 250 g/mol. The molecule has 0 spiro atoms. The van der Waals surface area contributed by atoms with Crippen LogP contribution in [0.5, 0.6) is 0 Å². The summed E-state index contributed by atoms with van der Waals surface area (Å²) >= 11 is 0. The zero-order valence-electron chi connectivity index (χ0n) is 11.1. The van der Waals surface area contributed by atoms with Crippen molar-refractivity contribution in [1.82, 2.24) is 20.4 Å². The number of rotatable bonds is 4. The second-order valence-corrected chi connectivity index (χ2v) is 4.69. The maximum atomic E-state index is 11.9. The van der Waals surface area contributed by atoms with Crippen molar-refractivity contribution in [3.8, 4) is 0 Å². The molecule has 1 aromatic heterocycles. The molecule has 2 N–H and O–H groups in total. The zero-order valence-corrected chi connectivity index (χ0v) is 11.1. The van der Waals surface area contributed by atoms with E-state index >= 15 is 0 Å². The Morgan fingerprint density at radius 1 is 1.61 bits per heavy atom. The van der Waals surface area contributed by atoms with Crippen LogP contribution in [0, 0.1) is 0 Å². The number of aryl methyl sites for hydroxylation is 1. The molecule has 5 nitrogen and oxygen atoms in total.